The summed E-state index contributed by atoms with van der Waals surface area (Å²) < 4.78 is 64.5. The van der Waals surface area contributed by atoms with Gasteiger partial charge >= 0.3 is 5.97 Å². The van der Waals surface area contributed by atoms with Crippen molar-refractivity contribution >= 4 is 11.9 Å². The maximum atomic E-state index is 13.8. The number of hydrogen-bond donors (Lipinski definition) is 1. The first-order valence-electron chi connectivity index (χ1n) is 19.7. The fourth-order valence-corrected chi connectivity index (χ4v) is 7.44. The largest absolute Gasteiger partial charge is 0.467 e. The summed E-state index contributed by atoms with van der Waals surface area (Å²) in [5.74, 6) is -1.06. The quantitative estimate of drug-likeness (QED) is 0.105. The zero-order valence-corrected chi connectivity index (χ0v) is 33.1. The Morgan fingerprint density at radius 2 is 1.22 bits per heavy atom. The van der Waals surface area contributed by atoms with Gasteiger partial charge in [0.25, 0.3) is 0 Å². The van der Waals surface area contributed by atoms with Crippen molar-refractivity contribution < 1.29 is 57.0 Å². The molecule has 4 aromatic rings. The van der Waals surface area contributed by atoms with Crippen LogP contribution in [0.25, 0.3) is 0 Å². The molecule has 3 heterocycles. The molecule has 3 aliphatic heterocycles. The number of ether oxygens (including phenoxy) is 10. The average molecular weight is 810 g/mol. The lowest BCUT2D eigenvalue weighted by atomic mass is 9.94. The summed E-state index contributed by atoms with van der Waals surface area (Å²) in [6.07, 6.45) is -8.40. The Morgan fingerprint density at radius 1 is 0.678 bits per heavy atom. The van der Waals surface area contributed by atoms with Gasteiger partial charge in [0.2, 0.25) is 5.91 Å². The van der Waals surface area contributed by atoms with Crippen LogP contribution in [-0.4, -0.2) is 93.5 Å². The topological polar surface area (TPSA) is 138 Å². The van der Waals surface area contributed by atoms with Gasteiger partial charge in [-0.3, -0.25) is 4.79 Å². The second-order valence-corrected chi connectivity index (χ2v) is 14.4. The molecular formula is C46H51NO12. The van der Waals surface area contributed by atoms with Gasteiger partial charge in [-0.05, 0) is 16.7 Å². The number of nitrogens with one attached hydrogen (secondary N) is 1. The van der Waals surface area contributed by atoms with Crippen LogP contribution in [-0.2, 0) is 76.8 Å². The first-order valence-corrected chi connectivity index (χ1v) is 19.7. The number of esters is 1. The van der Waals surface area contributed by atoms with Crippen LogP contribution in [0.4, 0.5) is 0 Å². The summed E-state index contributed by atoms with van der Waals surface area (Å²) in [5.41, 5.74) is 3.42. The van der Waals surface area contributed by atoms with E-state index in [1.807, 2.05) is 121 Å². The highest BCUT2D eigenvalue weighted by molar-refractivity contribution is 5.75. The van der Waals surface area contributed by atoms with E-state index < -0.39 is 73.6 Å². The number of amides is 1. The van der Waals surface area contributed by atoms with Gasteiger partial charge < -0.3 is 52.7 Å². The SMILES string of the molecule is C=CCO[C@H]1O[C@@H]2COC(c3ccccc3)O[C@H]2[C@H](O[C@H]2O[C@H](C(=O)OC)[C@@H](OCc3ccccc3)[C@H](OCc3ccccc3)[C@H]2OCc2ccccc2)[C@H]1NC(C)=O. The Bertz CT molecular complexity index is 1900. The summed E-state index contributed by atoms with van der Waals surface area (Å²) in [7, 11) is 1.28. The Balaban J connectivity index is 1.29. The fraction of sp³-hybridized carbons (Fsp3) is 0.391. The smallest absolute Gasteiger partial charge is 0.337 e. The van der Waals surface area contributed by atoms with Crippen LogP contribution >= 0.6 is 0 Å². The molecule has 0 spiro atoms. The van der Waals surface area contributed by atoms with Crippen molar-refractivity contribution in [3.8, 4) is 0 Å². The molecule has 3 fully saturated rings. The van der Waals surface area contributed by atoms with Crippen molar-refractivity contribution in [3.63, 3.8) is 0 Å². The van der Waals surface area contributed by atoms with Gasteiger partial charge in [0, 0.05) is 12.5 Å². The van der Waals surface area contributed by atoms with Crippen molar-refractivity contribution in [1.82, 2.24) is 5.32 Å². The van der Waals surface area contributed by atoms with Crippen molar-refractivity contribution in [2.45, 2.75) is 94.4 Å². The molecule has 3 aliphatic rings. The van der Waals surface area contributed by atoms with E-state index >= 15 is 0 Å². The van der Waals surface area contributed by atoms with Crippen LogP contribution in [0.2, 0.25) is 0 Å². The zero-order chi connectivity index (χ0) is 41.0. The summed E-state index contributed by atoms with van der Waals surface area (Å²) in [5, 5.41) is 2.98. The first kappa shape index (κ1) is 42.3. The second kappa shape index (κ2) is 20.9. The van der Waals surface area contributed by atoms with E-state index in [1.54, 1.807) is 6.08 Å². The monoisotopic (exact) mass is 809 g/mol. The van der Waals surface area contributed by atoms with Gasteiger partial charge in [0.05, 0.1) is 40.1 Å². The van der Waals surface area contributed by atoms with Crippen LogP contribution in [0.15, 0.2) is 134 Å². The van der Waals surface area contributed by atoms with Crippen LogP contribution in [0.3, 0.4) is 0 Å². The van der Waals surface area contributed by atoms with Crippen molar-refractivity contribution in [2.24, 2.45) is 0 Å². The van der Waals surface area contributed by atoms with E-state index in [0.29, 0.717) is 0 Å². The van der Waals surface area contributed by atoms with Crippen LogP contribution in [0, 0.1) is 0 Å². The number of carbonyl (C=O) groups excluding carboxylic acids is 2. The van der Waals surface area contributed by atoms with Gasteiger partial charge in [-0.15, -0.1) is 6.58 Å². The molecule has 59 heavy (non-hydrogen) atoms. The fourth-order valence-electron chi connectivity index (χ4n) is 7.44. The molecule has 0 aliphatic carbocycles. The van der Waals surface area contributed by atoms with E-state index in [0.717, 1.165) is 22.3 Å². The molecule has 4 aromatic carbocycles. The Labute approximate surface area is 344 Å². The van der Waals surface area contributed by atoms with Crippen LogP contribution in [0.1, 0.15) is 35.5 Å². The molecule has 1 N–H and O–H groups in total. The highest BCUT2D eigenvalue weighted by Gasteiger charge is 2.57. The highest BCUT2D eigenvalue weighted by atomic mass is 16.8. The second-order valence-electron chi connectivity index (χ2n) is 14.4. The van der Waals surface area contributed by atoms with Gasteiger partial charge in [0.1, 0.15) is 42.7 Å². The van der Waals surface area contributed by atoms with Gasteiger partial charge in [-0.1, -0.05) is 127 Å². The Kier molecular flexibility index (Phi) is 15.0. The van der Waals surface area contributed by atoms with Crippen LogP contribution in [0.5, 0.6) is 0 Å². The third kappa shape index (κ3) is 10.9. The maximum Gasteiger partial charge on any atom is 0.337 e. The summed E-state index contributed by atoms with van der Waals surface area (Å²) in [4.78, 5) is 26.7. The molecule has 0 saturated carbocycles. The third-order valence-electron chi connectivity index (χ3n) is 10.2. The number of methoxy groups -OCH3 is 1. The summed E-state index contributed by atoms with van der Waals surface area (Å²) >= 11 is 0. The molecule has 0 bridgehead atoms. The first-order chi connectivity index (χ1) is 28.9. The molecule has 312 valence electrons. The molecule has 1 unspecified atom stereocenters. The Hall–Kier alpha value is -4.80. The molecule has 13 nitrogen and oxygen atoms in total. The molecule has 11 atom stereocenters. The number of benzene rings is 4. The molecule has 1 amide bonds. The maximum absolute atomic E-state index is 13.8. The van der Waals surface area contributed by atoms with Crippen molar-refractivity contribution in [3.05, 3.63) is 156 Å². The standard InChI is InChI=1S/C46H51NO12/c1-4-25-51-45-36(47-30(2)48)38(37-35(56-45)29-55-44(57-37)34-23-15-8-16-24-34)58-46-42(54-28-33-21-13-7-14-22-33)40(53-27-32-19-11-6-12-20-32)39(41(59-46)43(49)50-3)52-26-31-17-9-5-10-18-31/h4-24,35-42,44-46H,1,25-29H2,2-3H3,(H,47,48)/t35-,36-,37-,38-,39+,40+,41+,42-,44?,45+,46+/m1/s1. The Morgan fingerprint density at radius 3 is 1.76 bits per heavy atom. The summed E-state index contributed by atoms with van der Waals surface area (Å²) in [6.45, 7) is 5.83. The lowest BCUT2D eigenvalue weighted by molar-refractivity contribution is -0.380. The highest BCUT2D eigenvalue weighted by Crippen LogP contribution is 2.39. The number of rotatable bonds is 17. The normalized spacial score (nSPS) is 29.2. The average Bonchev–Trinajstić information content (AvgIpc) is 3.28. The van der Waals surface area contributed by atoms with Crippen molar-refractivity contribution in [2.75, 3.05) is 20.3 Å². The van der Waals surface area contributed by atoms with E-state index in [-0.39, 0.29) is 38.9 Å². The minimum atomic E-state index is -1.33. The number of carbonyl (C=O) groups is 2. The molecule has 0 radical (unpaired) electrons. The molecular weight excluding hydrogens is 759 g/mol. The van der Waals surface area contributed by atoms with E-state index in [9.17, 15) is 9.59 Å². The molecule has 7 rings (SSSR count). The minimum absolute atomic E-state index is 0.113. The number of fused-ring (bicyclic) bond motifs is 1. The van der Waals surface area contributed by atoms with Gasteiger partial charge in [-0.2, -0.15) is 0 Å². The van der Waals surface area contributed by atoms with E-state index in [4.69, 9.17) is 47.4 Å². The zero-order valence-electron chi connectivity index (χ0n) is 33.1. The minimum Gasteiger partial charge on any atom is -0.467 e. The van der Waals surface area contributed by atoms with E-state index in [1.165, 1.54) is 14.0 Å². The van der Waals surface area contributed by atoms with E-state index in [2.05, 4.69) is 11.9 Å². The lowest BCUT2D eigenvalue weighted by Crippen LogP contribution is -2.70. The molecule has 3 saturated heterocycles. The lowest BCUT2D eigenvalue weighted by Gasteiger charge is -2.51. The van der Waals surface area contributed by atoms with Gasteiger partial charge in [-0.25, -0.2) is 4.79 Å². The predicted molar refractivity (Wildman–Crippen MR) is 213 cm³/mol. The number of hydrogen-bond acceptors (Lipinski definition) is 12. The van der Waals surface area contributed by atoms with Gasteiger partial charge in [0.15, 0.2) is 25.0 Å². The van der Waals surface area contributed by atoms with Crippen LogP contribution < -0.4 is 5.32 Å². The summed E-state index contributed by atoms with van der Waals surface area (Å²) in [6, 6.07) is 37.4. The third-order valence-corrected chi connectivity index (χ3v) is 10.2. The molecule has 13 heteroatoms. The molecule has 0 aromatic heterocycles. The van der Waals surface area contributed by atoms with Crippen molar-refractivity contribution in [1.29, 1.82) is 0 Å². The predicted octanol–water partition coefficient (Wildman–Crippen LogP) is 5.57.